The highest BCUT2D eigenvalue weighted by Gasteiger charge is 2.24. The molecule has 1 aliphatic carbocycles. The summed E-state index contributed by atoms with van der Waals surface area (Å²) in [7, 11) is 0. The summed E-state index contributed by atoms with van der Waals surface area (Å²) in [6.45, 7) is 3.71. The first-order valence-corrected chi connectivity index (χ1v) is 6.84. The Labute approximate surface area is 118 Å². The first-order valence-electron chi connectivity index (χ1n) is 6.84. The largest absolute Gasteiger partial charge is 0.446 e. The van der Waals surface area contributed by atoms with E-state index in [1.807, 2.05) is 38.1 Å². The zero-order chi connectivity index (χ0) is 14.1. The number of carbonyl (C=O) groups excluding carboxylic acids is 1. The minimum absolute atomic E-state index is 0.134. The van der Waals surface area contributed by atoms with Crippen LogP contribution in [-0.2, 0) is 11.2 Å². The molecule has 20 heavy (non-hydrogen) atoms. The Kier molecular flexibility index (Phi) is 3.18. The van der Waals surface area contributed by atoms with Gasteiger partial charge in [0, 0.05) is 6.20 Å². The Bertz CT molecular complexity index is 639. The number of allylic oxidation sites excluding steroid dienone is 3. The minimum Gasteiger partial charge on any atom is -0.446 e. The van der Waals surface area contributed by atoms with Crippen molar-refractivity contribution in [3.63, 3.8) is 0 Å². The van der Waals surface area contributed by atoms with Crippen LogP contribution in [0.25, 0.3) is 12.2 Å². The summed E-state index contributed by atoms with van der Waals surface area (Å²) in [5, 5.41) is 0. The summed E-state index contributed by atoms with van der Waals surface area (Å²) >= 11 is 0. The molecule has 102 valence electrons. The van der Waals surface area contributed by atoms with Crippen LogP contribution in [0.15, 0.2) is 36.6 Å². The van der Waals surface area contributed by atoms with Gasteiger partial charge in [0.25, 0.3) is 0 Å². The van der Waals surface area contributed by atoms with E-state index in [1.165, 1.54) is 11.1 Å². The molecule has 1 heterocycles. The Morgan fingerprint density at radius 1 is 1.20 bits per heavy atom. The highest BCUT2D eigenvalue weighted by atomic mass is 16.6. The number of benzene rings is 1. The summed E-state index contributed by atoms with van der Waals surface area (Å²) in [5.41, 5.74) is 4.33. The van der Waals surface area contributed by atoms with Crippen molar-refractivity contribution >= 4 is 23.9 Å². The molecule has 3 heteroatoms. The molecule has 3 nitrogen and oxygen atoms in total. The summed E-state index contributed by atoms with van der Waals surface area (Å²) < 4.78 is 5.35. The molecule has 0 fully saturated rings. The van der Waals surface area contributed by atoms with Gasteiger partial charge in [-0.05, 0) is 43.0 Å². The fraction of sp³-hybridized carbons (Fsp3) is 0.235. The van der Waals surface area contributed by atoms with Crippen LogP contribution in [0.5, 0.6) is 0 Å². The number of carbonyl (C=O) groups is 1. The third kappa shape index (κ3) is 2.16. The SMILES string of the molecule is CC(C)OC(=O)N1C=CC=Cc2ccc3c(c21)CC=C3. The third-order valence-corrected chi connectivity index (χ3v) is 3.37. The predicted octanol–water partition coefficient (Wildman–Crippen LogP) is 4.15. The van der Waals surface area contributed by atoms with Crippen molar-refractivity contribution in [3.05, 3.63) is 53.3 Å². The molecule has 1 aliphatic heterocycles. The van der Waals surface area contributed by atoms with Crippen molar-refractivity contribution in [2.75, 3.05) is 4.90 Å². The number of anilines is 1. The molecule has 1 aromatic carbocycles. The minimum atomic E-state index is -0.332. The number of hydrogen-bond acceptors (Lipinski definition) is 2. The molecule has 0 saturated carbocycles. The van der Waals surface area contributed by atoms with E-state index >= 15 is 0 Å². The molecule has 0 unspecified atom stereocenters. The number of hydrogen-bond donors (Lipinski definition) is 0. The molecule has 2 aliphatic rings. The number of fused-ring (bicyclic) bond motifs is 3. The lowest BCUT2D eigenvalue weighted by Crippen LogP contribution is -2.29. The molecule has 1 amide bonds. The molecule has 0 radical (unpaired) electrons. The molecule has 0 atom stereocenters. The standard InChI is InChI=1S/C17H17NO2/c1-12(2)20-17(19)18-11-4-3-6-14-10-9-13-7-5-8-15(13)16(14)18/h3-7,9-12H,8H2,1-2H3. The van der Waals surface area contributed by atoms with Gasteiger partial charge in [0.1, 0.15) is 0 Å². The van der Waals surface area contributed by atoms with Crippen molar-refractivity contribution < 1.29 is 9.53 Å². The summed E-state index contributed by atoms with van der Waals surface area (Å²) in [4.78, 5) is 13.9. The van der Waals surface area contributed by atoms with E-state index < -0.39 is 0 Å². The maximum Gasteiger partial charge on any atom is 0.418 e. The van der Waals surface area contributed by atoms with E-state index in [1.54, 1.807) is 11.1 Å². The van der Waals surface area contributed by atoms with Crippen LogP contribution < -0.4 is 4.90 Å². The second-order valence-electron chi connectivity index (χ2n) is 5.18. The van der Waals surface area contributed by atoms with Crippen molar-refractivity contribution in [2.45, 2.75) is 26.4 Å². The zero-order valence-electron chi connectivity index (χ0n) is 11.7. The first-order chi connectivity index (χ1) is 9.66. The first kappa shape index (κ1) is 12.7. The molecular formula is C17H17NO2. The van der Waals surface area contributed by atoms with Crippen LogP contribution in [0.2, 0.25) is 0 Å². The maximum absolute atomic E-state index is 12.3. The Balaban J connectivity index is 2.08. The fourth-order valence-corrected chi connectivity index (χ4v) is 2.54. The average molecular weight is 267 g/mol. The van der Waals surface area contributed by atoms with Gasteiger partial charge in [0.05, 0.1) is 11.8 Å². The van der Waals surface area contributed by atoms with Gasteiger partial charge < -0.3 is 4.74 Å². The second kappa shape index (κ2) is 5.00. The van der Waals surface area contributed by atoms with Gasteiger partial charge in [0.2, 0.25) is 0 Å². The Hall–Kier alpha value is -2.29. The van der Waals surface area contributed by atoms with E-state index in [-0.39, 0.29) is 12.2 Å². The van der Waals surface area contributed by atoms with Crippen LogP contribution >= 0.6 is 0 Å². The average Bonchev–Trinajstić information content (AvgIpc) is 2.76. The third-order valence-electron chi connectivity index (χ3n) is 3.37. The fourth-order valence-electron chi connectivity index (χ4n) is 2.54. The van der Waals surface area contributed by atoms with E-state index in [0.29, 0.717) is 0 Å². The van der Waals surface area contributed by atoms with Gasteiger partial charge in [-0.25, -0.2) is 4.79 Å². The number of amides is 1. The van der Waals surface area contributed by atoms with Crippen LogP contribution in [-0.4, -0.2) is 12.2 Å². The van der Waals surface area contributed by atoms with Crippen LogP contribution in [0.4, 0.5) is 10.5 Å². The smallest absolute Gasteiger partial charge is 0.418 e. The summed E-state index contributed by atoms with van der Waals surface area (Å²) in [6.07, 6.45) is 12.2. The van der Waals surface area contributed by atoms with Gasteiger partial charge in [-0.3, -0.25) is 4.90 Å². The number of nitrogens with zero attached hydrogens (tertiary/aromatic N) is 1. The highest BCUT2D eigenvalue weighted by Crippen LogP contribution is 2.36. The van der Waals surface area contributed by atoms with Crippen molar-refractivity contribution in [1.29, 1.82) is 0 Å². The molecule has 0 spiro atoms. The van der Waals surface area contributed by atoms with E-state index in [0.717, 1.165) is 17.7 Å². The molecule has 0 aromatic heterocycles. The van der Waals surface area contributed by atoms with Gasteiger partial charge in [0.15, 0.2) is 0 Å². The maximum atomic E-state index is 12.3. The van der Waals surface area contributed by atoms with E-state index in [2.05, 4.69) is 18.2 Å². The molecule has 0 saturated heterocycles. The molecular weight excluding hydrogens is 250 g/mol. The lowest BCUT2D eigenvalue weighted by atomic mass is 10.0. The molecule has 3 rings (SSSR count). The number of ether oxygens (including phenoxy) is 1. The molecule has 0 bridgehead atoms. The number of rotatable bonds is 1. The lowest BCUT2D eigenvalue weighted by molar-refractivity contribution is 0.125. The monoisotopic (exact) mass is 267 g/mol. The van der Waals surface area contributed by atoms with Crippen LogP contribution in [0.3, 0.4) is 0 Å². The van der Waals surface area contributed by atoms with Crippen molar-refractivity contribution in [2.24, 2.45) is 0 Å². The van der Waals surface area contributed by atoms with Gasteiger partial charge in [-0.2, -0.15) is 0 Å². The topological polar surface area (TPSA) is 29.5 Å². The van der Waals surface area contributed by atoms with Gasteiger partial charge >= 0.3 is 6.09 Å². The normalized spacial score (nSPS) is 15.2. The van der Waals surface area contributed by atoms with Gasteiger partial charge in [-0.15, -0.1) is 0 Å². The lowest BCUT2D eigenvalue weighted by Gasteiger charge is -2.23. The summed E-state index contributed by atoms with van der Waals surface area (Å²) in [5.74, 6) is 0. The van der Waals surface area contributed by atoms with Gasteiger partial charge in [-0.1, -0.05) is 36.4 Å². The molecule has 0 N–H and O–H groups in total. The predicted molar refractivity (Wildman–Crippen MR) is 81.5 cm³/mol. The second-order valence-corrected chi connectivity index (χ2v) is 5.18. The molecule has 1 aromatic rings. The van der Waals surface area contributed by atoms with E-state index in [9.17, 15) is 4.79 Å². The van der Waals surface area contributed by atoms with Crippen LogP contribution in [0.1, 0.15) is 30.5 Å². The van der Waals surface area contributed by atoms with Crippen LogP contribution in [0, 0.1) is 0 Å². The quantitative estimate of drug-likeness (QED) is 0.765. The van der Waals surface area contributed by atoms with E-state index in [4.69, 9.17) is 4.74 Å². The zero-order valence-corrected chi connectivity index (χ0v) is 11.7. The van der Waals surface area contributed by atoms with Crippen molar-refractivity contribution in [1.82, 2.24) is 0 Å². The summed E-state index contributed by atoms with van der Waals surface area (Å²) in [6, 6.07) is 4.14. The van der Waals surface area contributed by atoms with Crippen molar-refractivity contribution in [3.8, 4) is 0 Å². The Morgan fingerprint density at radius 3 is 2.80 bits per heavy atom. The Morgan fingerprint density at radius 2 is 2.00 bits per heavy atom. The highest BCUT2D eigenvalue weighted by molar-refractivity contribution is 5.96.